The van der Waals surface area contributed by atoms with Crippen LogP contribution in [0, 0.1) is 5.82 Å². The molecule has 4 heteroatoms. The summed E-state index contributed by atoms with van der Waals surface area (Å²) in [5.74, 6) is -0.147. The second-order valence-electron chi connectivity index (χ2n) is 5.33. The standard InChI is InChI=1S/C15H22BrFN2/c1-19(14-4-2-3-5-14)9-8-18-11-12-6-7-13(16)10-15(12)17/h6-7,10,14,18H,2-5,8-9,11H2,1H3. The van der Waals surface area contributed by atoms with Crippen LogP contribution in [0.3, 0.4) is 0 Å². The molecule has 1 fully saturated rings. The van der Waals surface area contributed by atoms with Crippen LogP contribution in [0.2, 0.25) is 0 Å². The van der Waals surface area contributed by atoms with Crippen molar-refractivity contribution in [2.24, 2.45) is 0 Å². The molecule has 1 N–H and O–H groups in total. The summed E-state index contributed by atoms with van der Waals surface area (Å²) >= 11 is 3.27. The average Bonchev–Trinajstić information content (AvgIpc) is 2.90. The van der Waals surface area contributed by atoms with E-state index in [1.54, 1.807) is 0 Å². The highest BCUT2D eigenvalue weighted by Crippen LogP contribution is 2.21. The zero-order chi connectivity index (χ0) is 13.7. The second-order valence-corrected chi connectivity index (χ2v) is 6.25. The van der Waals surface area contributed by atoms with Crippen molar-refractivity contribution in [3.05, 3.63) is 34.1 Å². The third-order valence-electron chi connectivity index (χ3n) is 3.92. The monoisotopic (exact) mass is 328 g/mol. The van der Waals surface area contributed by atoms with E-state index in [1.807, 2.05) is 12.1 Å². The zero-order valence-corrected chi connectivity index (χ0v) is 13.0. The maximum absolute atomic E-state index is 13.6. The van der Waals surface area contributed by atoms with E-state index in [1.165, 1.54) is 31.7 Å². The number of hydrogen-bond acceptors (Lipinski definition) is 2. The topological polar surface area (TPSA) is 15.3 Å². The van der Waals surface area contributed by atoms with Gasteiger partial charge in [0.25, 0.3) is 0 Å². The third kappa shape index (κ3) is 4.55. The number of halogens is 2. The van der Waals surface area contributed by atoms with Crippen molar-refractivity contribution in [2.75, 3.05) is 20.1 Å². The lowest BCUT2D eigenvalue weighted by atomic mass is 10.2. The number of hydrogen-bond donors (Lipinski definition) is 1. The summed E-state index contributed by atoms with van der Waals surface area (Å²) in [5, 5.41) is 3.32. The van der Waals surface area contributed by atoms with Crippen molar-refractivity contribution in [3.63, 3.8) is 0 Å². The Morgan fingerprint density at radius 3 is 2.79 bits per heavy atom. The molecule has 0 amide bonds. The number of nitrogens with one attached hydrogen (secondary N) is 1. The highest BCUT2D eigenvalue weighted by atomic mass is 79.9. The Balaban J connectivity index is 1.68. The first-order valence-corrected chi connectivity index (χ1v) is 7.81. The van der Waals surface area contributed by atoms with Crippen LogP contribution in [-0.4, -0.2) is 31.1 Å². The minimum absolute atomic E-state index is 0.147. The van der Waals surface area contributed by atoms with Gasteiger partial charge in [-0.3, -0.25) is 0 Å². The Morgan fingerprint density at radius 1 is 1.37 bits per heavy atom. The fourth-order valence-corrected chi connectivity index (χ4v) is 3.00. The average molecular weight is 329 g/mol. The summed E-state index contributed by atoms with van der Waals surface area (Å²) in [6, 6.07) is 5.98. The molecule has 1 aliphatic carbocycles. The molecule has 106 valence electrons. The van der Waals surface area contributed by atoms with Gasteiger partial charge in [-0.1, -0.05) is 34.8 Å². The highest BCUT2D eigenvalue weighted by Gasteiger charge is 2.18. The molecular weight excluding hydrogens is 307 g/mol. The lowest BCUT2D eigenvalue weighted by Gasteiger charge is -2.24. The van der Waals surface area contributed by atoms with Gasteiger partial charge >= 0.3 is 0 Å². The maximum atomic E-state index is 13.6. The van der Waals surface area contributed by atoms with Crippen LogP contribution in [0.25, 0.3) is 0 Å². The Labute approximate surface area is 123 Å². The molecule has 0 bridgehead atoms. The van der Waals surface area contributed by atoms with Crippen molar-refractivity contribution in [1.29, 1.82) is 0 Å². The van der Waals surface area contributed by atoms with Crippen LogP contribution in [0.1, 0.15) is 31.2 Å². The highest BCUT2D eigenvalue weighted by molar-refractivity contribution is 9.10. The first-order chi connectivity index (χ1) is 9.16. The number of rotatable bonds is 6. The van der Waals surface area contributed by atoms with Crippen molar-refractivity contribution < 1.29 is 4.39 Å². The van der Waals surface area contributed by atoms with Gasteiger partial charge in [-0.2, -0.15) is 0 Å². The van der Waals surface area contributed by atoms with Gasteiger partial charge in [-0.05, 0) is 32.0 Å². The molecule has 0 aliphatic heterocycles. The summed E-state index contributed by atoms with van der Waals surface area (Å²) in [4.78, 5) is 2.43. The quantitative estimate of drug-likeness (QED) is 0.803. The molecule has 1 aliphatic rings. The van der Waals surface area contributed by atoms with Gasteiger partial charge in [0.05, 0.1) is 0 Å². The molecule has 0 saturated heterocycles. The minimum Gasteiger partial charge on any atom is -0.311 e. The summed E-state index contributed by atoms with van der Waals surface area (Å²) in [7, 11) is 2.19. The van der Waals surface area contributed by atoms with Gasteiger partial charge in [0, 0.05) is 35.7 Å². The normalized spacial score (nSPS) is 16.4. The van der Waals surface area contributed by atoms with E-state index in [0.717, 1.165) is 29.2 Å². The summed E-state index contributed by atoms with van der Waals surface area (Å²) in [5.41, 5.74) is 0.728. The van der Waals surface area contributed by atoms with Crippen LogP contribution in [0.4, 0.5) is 4.39 Å². The van der Waals surface area contributed by atoms with Crippen LogP contribution < -0.4 is 5.32 Å². The summed E-state index contributed by atoms with van der Waals surface area (Å²) in [6.07, 6.45) is 5.40. The Morgan fingerprint density at radius 2 is 2.11 bits per heavy atom. The van der Waals surface area contributed by atoms with Crippen molar-refractivity contribution >= 4 is 15.9 Å². The smallest absolute Gasteiger partial charge is 0.128 e. The molecule has 0 unspecified atom stereocenters. The van der Waals surface area contributed by atoms with Crippen molar-refractivity contribution in [1.82, 2.24) is 10.2 Å². The molecule has 2 nitrogen and oxygen atoms in total. The molecular formula is C15H22BrFN2. The van der Waals surface area contributed by atoms with Crippen LogP contribution in [0.5, 0.6) is 0 Å². The van der Waals surface area contributed by atoms with E-state index in [9.17, 15) is 4.39 Å². The van der Waals surface area contributed by atoms with E-state index < -0.39 is 0 Å². The Hall–Kier alpha value is -0.450. The lowest BCUT2D eigenvalue weighted by Crippen LogP contribution is -2.35. The molecule has 0 radical (unpaired) electrons. The van der Waals surface area contributed by atoms with Gasteiger partial charge in [-0.15, -0.1) is 0 Å². The van der Waals surface area contributed by atoms with E-state index in [4.69, 9.17) is 0 Å². The largest absolute Gasteiger partial charge is 0.311 e. The first kappa shape index (κ1) is 14.9. The first-order valence-electron chi connectivity index (χ1n) is 7.01. The summed E-state index contributed by atoms with van der Waals surface area (Å²) < 4.78 is 14.4. The van der Waals surface area contributed by atoms with Gasteiger partial charge < -0.3 is 10.2 Å². The molecule has 19 heavy (non-hydrogen) atoms. The van der Waals surface area contributed by atoms with E-state index in [2.05, 4.69) is 33.2 Å². The number of nitrogens with zero attached hydrogens (tertiary/aromatic N) is 1. The SMILES string of the molecule is CN(CCNCc1ccc(Br)cc1F)C1CCCC1. The fourth-order valence-electron chi connectivity index (χ4n) is 2.67. The van der Waals surface area contributed by atoms with Crippen molar-refractivity contribution in [2.45, 2.75) is 38.3 Å². The number of benzene rings is 1. The second kappa shape index (κ2) is 7.36. The molecule has 2 rings (SSSR count). The van der Waals surface area contributed by atoms with Gasteiger partial charge in [0.1, 0.15) is 5.82 Å². The molecule has 0 heterocycles. The minimum atomic E-state index is -0.147. The molecule has 0 spiro atoms. The Bertz CT molecular complexity index is 405. The predicted octanol–water partition coefficient (Wildman–Crippen LogP) is 3.55. The molecule has 1 aromatic rings. The Kier molecular flexibility index (Phi) is 5.79. The molecule has 1 saturated carbocycles. The fraction of sp³-hybridized carbons (Fsp3) is 0.600. The zero-order valence-electron chi connectivity index (χ0n) is 11.5. The van der Waals surface area contributed by atoms with E-state index in [-0.39, 0.29) is 5.82 Å². The number of likely N-dealkylation sites (N-methyl/N-ethyl adjacent to an activating group) is 1. The van der Waals surface area contributed by atoms with Gasteiger partial charge in [0.2, 0.25) is 0 Å². The van der Waals surface area contributed by atoms with Gasteiger partial charge in [-0.25, -0.2) is 4.39 Å². The van der Waals surface area contributed by atoms with Crippen LogP contribution in [-0.2, 0) is 6.54 Å². The van der Waals surface area contributed by atoms with Crippen LogP contribution in [0.15, 0.2) is 22.7 Å². The van der Waals surface area contributed by atoms with E-state index in [0.29, 0.717) is 6.54 Å². The lowest BCUT2D eigenvalue weighted by molar-refractivity contribution is 0.245. The molecule has 0 aromatic heterocycles. The van der Waals surface area contributed by atoms with E-state index >= 15 is 0 Å². The van der Waals surface area contributed by atoms with Crippen LogP contribution >= 0.6 is 15.9 Å². The maximum Gasteiger partial charge on any atom is 0.128 e. The summed E-state index contributed by atoms with van der Waals surface area (Å²) in [6.45, 7) is 2.53. The van der Waals surface area contributed by atoms with Gasteiger partial charge in [0.15, 0.2) is 0 Å². The molecule has 0 atom stereocenters. The third-order valence-corrected chi connectivity index (χ3v) is 4.41. The predicted molar refractivity (Wildman–Crippen MR) is 80.7 cm³/mol. The molecule has 1 aromatic carbocycles. The van der Waals surface area contributed by atoms with Crippen molar-refractivity contribution in [3.8, 4) is 0 Å².